The number of rotatable bonds is 10. The number of nitrogens with zero attached hydrogens (tertiary/aromatic N) is 6. The minimum absolute atomic E-state index is 0.0457. The van der Waals surface area contributed by atoms with E-state index in [4.69, 9.17) is 9.62 Å². The first-order valence-electron chi connectivity index (χ1n) is 21.4. The number of aryl methyl sites for hydroxylation is 1. The number of fused-ring (bicyclic) bond motifs is 2. The molecule has 0 spiro atoms. The number of anilines is 1. The summed E-state index contributed by atoms with van der Waals surface area (Å²) in [6.45, 7) is 11.2. The molecule has 0 radical (unpaired) electrons. The van der Waals surface area contributed by atoms with E-state index in [1.165, 1.54) is 5.69 Å². The quantitative estimate of drug-likeness (QED) is 0.118. The topological polar surface area (TPSA) is 170 Å². The van der Waals surface area contributed by atoms with Gasteiger partial charge in [-0.2, -0.15) is 10.1 Å². The molecule has 6 aromatic rings. The number of aromatic nitrogens is 4. The molecule has 4 amide bonds. The lowest BCUT2D eigenvalue weighted by atomic mass is 9.96. The van der Waals surface area contributed by atoms with Gasteiger partial charge in [0.1, 0.15) is 6.04 Å². The van der Waals surface area contributed by atoms with Crippen molar-refractivity contribution in [2.75, 3.05) is 25.0 Å². The minimum Gasteiger partial charge on any atom is -0.371 e. The van der Waals surface area contributed by atoms with Gasteiger partial charge in [-0.1, -0.05) is 78.3 Å². The number of aromatic amines is 1. The van der Waals surface area contributed by atoms with Crippen molar-refractivity contribution in [3.63, 3.8) is 0 Å². The summed E-state index contributed by atoms with van der Waals surface area (Å²) < 4.78 is 6.09. The zero-order valence-electron chi connectivity index (χ0n) is 36.0. The number of piperidine rings is 2. The van der Waals surface area contributed by atoms with Crippen molar-refractivity contribution in [3.05, 3.63) is 117 Å². The molecule has 1 unspecified atom stereocenters. The molecule has 0 saturated carbocycles. The van der Waals surface area contributed by atoms with E-state index in [1.54, 1.807) is 4.90 Å². The smallest absolute Gasteiger partial charge is 0.315 e. The molecule has 2 aromatic heterocycles. The number of carbonyl (C=O) groups excluding carboxylic acids is 4. The van der Waals surface area contributed by atoms with Gasteiger partial charge in [-0.05, 0) is 103 Å². The van der Waals surface area contributed by atoms with Crippen LogP contribution in [-0.4, -0.2) is 86.0 Å². The second-order valence-electron chi connectivity index (χ2n) is 18.0. The van der Waals surface area contributed by atoms with Gasteiger partial charge in [-0.3, -0.25) is 34.5 Å². The highest BCUT2D eigenvalue weighted by atomic mass is 79.9. The molecule has 9 rings (SSSR count). The molecule has 2 fully saturated rings. The van der Waals surface area contributed by atoms with E-state index in [-0.39, 0.29) is 29.5 Å². The standard InChI is InChI=1S/C48H50BrN9O5/c1-27-20-30(6-7-31(27)24-50-44(61)45-52-47(55-63-45)48(2,3)4)42-37-22-29(10-13-39(37)53-54-42)28-8-11-35(12-9-28)57-18-16-34(17-19-57)56(5)25-33-21-32-26-58(46(62)36(32)23-38(33)49)40-14-15-41(59)51-43(40)60/h6-13,20-23,34,40H,14-19,24-26H2,1-5H3,(H,50,61)(H,53,54)(H,51,59,60). The zero-order valence-corrected chi connectivity index (χ0v) is 37.6. The molecule has 3 N–H and O–H groups in total. The molecule has 2 saturated heterocycles. The first-order valence-corrected chi connectivity index (χ1v) is 22.2. The first kappa shape index (κ1) is 42.1. The van der Waals surface area contributed by atoms with E-state index >= 15 is 0 Å². The Balaban J connectivity index is 0.805. The second kappa shape index (κ2) is 16.8. The van der Waals surface area contributed by atoms with E-state index in [0.717, 1.165) is 92.5 Å². The summed E-state index contributed by atoms with van der Waals surface area (Å²) >= 11 is 3.73. The summed E-state index contributed by atoms with van der Waals surface area (Å²) in [6, 6.07) is 25.1. The van der Waals surface area contributed by atoms with Crippen molar-refractivity contribution in [2.24, 2.45) is 0 Å². The number of carbonyl (C=O) groups is 4. The highest BCUT2D eigenvalue weighted by Gasteiger charge is 2.39. The molecule has 4 aromatic carbocycles. The van der Waals surface area contributed by atoms with E-state index < -0.39 is 17.9 Å². The van der Waals surface area contributed by atoms with Gasteiger partial charge in [-0.25, -0.2) is 0 Å². The van der Waals surface area contributed by atoms with Crippen LogP contribution in [0.5, 0.6) is 0 Å². The van der Waals surface area contributed by atoms with Crippen molar-refractivity contribution in [1.29, 1.82) is 0 Å². The Morgan fingerprint density at radius 2 is 1.68 bits per heavy atom. The van der Waals surface area contributed by atoms with Gasteiger partial charge in [-0.15, -0.1) is 0 Å². The Hall–Kier alpha value is -6.19. The maximum atomic E-state index is 13.3. The lowest BCUT2D eigenvalue weighted by Crippen LogP contribution is -2.52. The van der Waals surface area contributed by atoms with Crippen molar-refractivity contribution in [3.8, 4) is 22.4 Å². The van der Waals surface area contributed by atoms with Crippen LogP contribution < -0.4 is 15.5 Å². The van der Waals surface area contributed by atoms with Crippen LogP contribution in [0.1, 0.15) is 95.6 Å². The van der Waals surface area contributed by atoms with E-state index in [1.807, 2.05) is 45.9 Å². The van der Waals surface area contributed by atoms with Gasteiger partial charge in [0.25, 0.3) is 5.91 Å². The zero-order chi connectivity index (χ0) is 44.2. The Morgan fingerprint density at radius 3 is 2.40 bits per heavy atom. The van der Waals surface area contributed by atoms with Crippen molar-refractivity contribution in [2.45, 2.75) is 90.5 Å². The molecule has 63 heavy (non-hydrogen) atoms. The summed E-state index contributed by atoms with van der Waals surface area (Å²) in [6.07, 6.45) is 2.63. The van der Waals surface area contributed by atoms with Crippen LogP contribution in [0, 0.1) is 6.92 Å². The second-order valence-corrected chi connectivity index (χ2v) is 18.9. The summed E-state index contributed by atoms with van der Waals surface area (Å²) in [4.78, 5) is 61.0. The van der Waals surface area contributed by atoms with Gasteiger partial charge < -0.3 is 19.6 Å². The third-order valence-electron chi connectivity index (χ3n) is 12.7. The summed E-state index contributed by atoms with van der Waals surface area (Å²) in [5.41, 5.74) is 10.6. The molecule has 0 bridgehead atoms. The fourth-order valence-electron chi connectivity index (χ4n) is 8.92. The Labute approximate surface area is 373 Å². The Bertz CT molecular complexity index is 2760. The molecule has 3 aliphatic rings. The SMILES string of the molecule is Cc1cc(-c2n[nH]c3ccc(-c4ccc(N5CCC(N(C)Cc6cc7c(cc6Br)C(=O)N(C6CCC(=O)NC6=O)C7)CC5)cc4)cc23)ccc1CNC(=O)c1nc(C(C)(C)C)no1. The van der Waals surface area contributed by atoms with Crippen LogP contribution in [0.15, 0.2) is 81.8 Å². The summed E-state index contributed by atoms with van der Waals surface area (Å²) in [7, 11) is 2.17. The van der Waals surface area contributed by atoms with Crippen molar-refractivity contribution < 1.29 is 23.7 Å². The van der Waals surface area contributed by atoms with Crippen LogP contribution in [0.4, 0.5) is 5.69 Å². The molecule has 5 heterocycles. The molecule has 14 nitrogen and oxygen atoms in total. The number of H-pyrrole nitrogens is 1. The molecule has 1 atom stereocenters. The predicted molar refractivity (Wildman–Crippen MR) is 243 cm³/mol. The minimum atomic E-state index is -0.627. The normalized spacial score (nSPS) is 17.2. The Kier molecular flexibility index (Phi) is 11.3. The van der Waals surface area contributed by atoms with Crippen LogP contribution in [0.2, 0.25) is 0 Å². The molecular formula is C48H50BrN9O5. The number of nitrogens with one attached hydrogen (secondary N) is 3. The Morgan fingerprint density at radius 1 is 0.937 bits per heavy atom. The van der Waals surface area contributed by atoms with E-state index in [2.05, 4.69) is 113 Å². The van der Waals surface area contributed by atoms with Crippen LogP contribution in [0.3, 0.4) is 0 Å². The van der Waals surface area contributed by atoms with Crippen LogP contribution >= 0.6 is 15.9 Å². The van der Waals surface area contributed by atoms with Gasteiger partial charge in [0.05, 0.1) is 11.2 Å². The molecule has 15 heteroatoms. The van der Waals surface area contributed by atoms with Crippen LogP contribution in [0.25, 0.3) is 33.3 Å². The lowest BCUT2D eigenvalue weighted by Gasteiger charge is -2.38. The number of amides is 4. The number of hydrogen-bond acceptors (Lipinski definition) is 10. The fraction of sp³-hybridized carbons (Fsp3) is 0.354. The first-order chi connectivity index (χ1) is 30.2. The fourth-order valence-corrected chi connectivity index (χ4v) is 9.38. The maximum Gasteiger partial charge on any atom is 0.315 e. The highest BCUT2D eigenvalue weighted by molar-refractivity contribution is 9.10. The van der Waals surface area contributed by atoms with Gasteiger partial charge >= 0.3 is 11.8 Å². The third-order valence-corrected chi connectivity index (χ3v) is 13.4. The molecular weight excluding hydrogens is 862 g/mol. The number of imide groups is 1. The third kappa shape index (κ3) is 8.51. The molecule has 0 aliphatic carbocycles. The monoisotopic (exact) mass is 911 g/mol. The van der Waals surface area contributed by atoms with Gasteiger partial charge in [0.2, 0.25) is 11.8 Å². The summed E-state index contributed by atoms with van der Waals surface area (Å²) in [5, 5.41) is 18.2. The molecule has 324 valence electrons. The van der Waals surface area contributed by atoms with E-state index in [0.29, 0.717) is 36.9 Å². The van der Waals surface area contributed by atoms with Crippen LogP contribution in [-0.2, 0) is 34.6 Å². The number of halogens is 1. The lowest BCUT2D eigenvalue weighted by molar-refractivity contribution is -0.136. The average Bonchev–Trinajstić information content (AvgIpc) is 4.02. The number of hydrogen-bond donors (Lipinski definition) is 3. The van der Waals surface area contributed by atoms with Gasteiger partial charge in [0.15, 0.2) is 5.82 Å². The maximum absolute atomic E-state index is 13.3. The summed E-state index contributed by atoms with van der Waals surface area (Å²) in [5.74, 6) is -0.816. The number of benzene rings is 4. The largest absolute Gasteiger partial charge is 0.371 e. The molecule has 3 aliphatic heterocycles. The van der Waals surface area contributed by atoms with Crippen molar-refractivity contribution in [1.82, 2.24) is 40.8 Å². The average molecular weight is 913 g/mol. The van der Waals surface area contributed by atoms with Crippen molar-refractivity contribution >= 4 is 56.1 Å². The van der Waals surface area contributed by atoms with E-state index in [9.17, 15) is 19.2 Å². The highest BCUT2D eigenvalue weighted by Crippen LogP contribution is 2.35. The predicted octanol–water partition coefficient (Wildman–Crippen LogP) is 7.44. The van der Waals surface area contributed by atoms with Gasteiger partial charge in [0, 0.05) is 77.3 Å².